The highest BCUT2D eigenvalue weighted by atomic mass is 32.2. The van der Waals surface area contributed by atoms with E-state index in [1.165, 1.54) is 6.92 Å². The van der Waals surface area contributed by atoms with Gasteiger partial charge in [0.1, 0.15) is 6.61 Å². The molecule has 0 amide bonds. The SMILES string of the molecule is CC(=O)OCCNS(=O)[O-]. The second kappa shape index (κ2) is 5.33. The van der Waals surface area contributed by atoms with Crippen molar-refractivity contribution in [3.8, 4) is 0 Å². The van der Waals surface area contributed by atoms with E-state index in [-0.39, 0.29) is 13.2 Å². The smallest absolute Gasteiger partial charge is 0.302 e. The third-order valence-electron chi connectivity index (χ3n) is 0.627. The van der Waals surface area contributed by atoms with Crippen LogP contribution < -0.4 is 4.72 Å². The maximum absolute atomic E-state index is 10.1. The van der Waals surface area contributed by atoms with Crippen LogP contribution in [0.2, 0.25) is 0 Å². The number of carbonyl (C=O) groups is 1. The van der Waals surface area contributed by atoms with E-state index in [0.29, 0.717) is 0 Å². The quantitative estimate of drug-likeness (QED) is 0.328. The Kier molecular flexibility index (Phi) is 5.09. The Bertz CT molecular complexity index is 121. The first-order valence-electron chi connectivity index (χ1n) is 2.59. The molecule has 0 saturated carbocycles. The molecule has 0 aliphatic heterocycles. The molecule has 0 bridgehead atoms. The van der Waals surface area contributed by atoms with Gasteiger partial charge in [0.2, 0.25) is 0 Å². The summed E-state index contributed by atoms with van der Waals surface area (Å²) < 4.78 is 26.0. The van der Waals surface area contributed by atoms with Crippen molar-refractivity contribution in [2.24, 2.45) is 0 Å². The fraction of sp³-hybridized carbons (Fsp3) is 0.750. The van der Waals surface area contributed by atoms with Crippen molar-refractivity contribution in [1.82, 2.24) is 4.72 Å². The minimum absolute atomic E-state index is 0.0727. The van der Waals surface area contributed by atoms with Crippen LogP contribution in [0, 0.1) is 0 Å². The predicted octanol–water partition coefficient (Wildman–Crippen LogP) is -1.07. The summed E-state index contributed by atoms with van der Waals surface area (Å²) in [4.78, 5) is 10.1. The molecule has 0 rings (SSSR count). The first-order chi connectivity index (χ1) is 4.63. The Morgan fingerprint density at radius 1 is 1.80 bits per heavy atom. The molecule has 60 valence electrons. The van der Waals surface area contributed by atoms with E-state index in [4.69, 9.17) is 0 Å². The largest absolute Gasteiger partial charge is 0.760 e. The molecule has 0 aromatic heterocycles. The molecule has 0 aromatic carbocycles. The Morgan fingerprint density at radius 2 is 2.40 bits per heavy atom. The Labute approximate surface area is 61.2 Å². The minimum atomic E-state index is -2.27. The van der Waals surface area contributed by atoms with Gasteiger partial charge in [-0.3, -0.25) is 9.00 Å². The summed E-state index contributed by atoms with van der Waals surface area (Å²) in [7, 11) is 0. The second-order valence-corrected chi connectivity index (χ2v) is 2.23. The topological polar surface area (TPSA) is 78.5 Å². The standard InChI is InChI=1S/C4H9NO4S/c1-4(6)9-3-2-5-10(7)8/h5H,2-3H2,1H3,(H,7,8)/p-1. The molecule has 0 aromatic rings. The molecule has 0 aliphatic rings. The molecule has 0 saturated heterocycles. The van der Waals surface area contributed by atoms with Crippen molar-refractivity contribution in [3.05, 3.63) is 0 Å². The molecule has 1 atom stereocenters. The van der Waals surface area contributed by atoms with Crippen LogP contribution >= 0.6 is 0 Å². The molecular weight excluding hydrogens is 158 g/mol. The van der Waals surface area contributed by atoms with Crippen molar-refractivity contribution >= 4 is 17.2 Å². The lowest BCUT2D eigenvalue weighted by molar-refractivity contribution is -0.140. The van der Waals surface area contributed by atoms with Crippen molar-refractivity contribution < 1.29 is 18.3 Å². The van der Waals surface area contributed by atoms with E-state index >= 15 is 0 Å². The van der Waals surface area contributed by atoms with E-state index in [9.17, 15) is 13.6 Å². The van der Waals surface area contributed by atoms with Crippen LogP contribution in [-0.2, 0) is 20.8 Å². The number of hydrogen-bond donors (Lipinski definition) is 1. The summed E-state index contributed by atoms with van der Waals surface area (Å²) in [6, 6.07) is 0. The zero-order valence-corrected chi connectivity index (χ0v) is 6.27. The molecule has 5 nitrogen and oxygen atoms in total. The lowest BCUT2D eigenvalue weighted by atomic mass is 10.7. The molecule has 6 heteroatoms. The van der Waals surface area contributed by atoms with Gasteiger partial charge in [0.25, 0.3) is 0 Å². The van der Waals surface area contributed by atoms with E-state index < -0.39 is 17.2 Å². The molecule has 0 heterocycles. The molecule has 0 spiro atoms. The maximum atomic E-state index is 10.1. The van der Waals surface area contributed by atoms with Crippen molar-refractivity contribution in [3.63, 3.8) is 0 Å². The highest BCUT2D eigenvalue weighted by Gasteiger charge is 1.90. The fourth-order valence-electron chi connectivity index (χ4n) is 0.320. The van der Waals surface area contributed by atoms with Gasteiger partial charge in [0.05, 0.1) is 0 Å². The van der Waals surface area contributed by atoms with Gasteiger partial charge in [-0.05, 0) is 0 Å². The van der Waals surface area contributed by atoms with E-state index in [1.54, 1.807) is 0 Å². The molecule has 0 fully saturated rings. The van der Waals surface area contributed by atoms with Gasteiger partial charge >= 0.3 is 5.97 Å². The van der Waals surface area contributed by atoms with Crippen LogP contribution in [0.1, 0.15) is 6.92 Å². The monoisotopic (exact) mass is 166 g/mol. The molecule has 10 heavy (non-hydrogen) atoms. The zero-order valence-electron chi connectivity index (χ0n) is 5.46. The summed E-state index contributed by atoms with van der Waals surface area (Å²) in [5.74, 6) is -0.418. The zero-order chi connectivity index (χ0) is 7.98. The van der Waals surface area contributed by atoms with E-state index in [1.807, 2.05) is 4.72 Å². The van der Waals surface area contributed by atoms with Crippen LogP contribution in [-0.4, -0.2) is 27.9 Å². The van der Waals surface area contributed by atoms with Crippen LogP contribution in [0.15, 0.2) is 0 Å². The third-order valence-corrected chi connectivity index (χ3v) is 1.07. The number of ether oxygens (including phenoxy) is 1. The van der Waals surface area contributed by atoms with Gasteiger partial charge in [-0.2, -0.15) is 0 Å². The van der Waals surface area contributed by atoms with E-state index in [0.717, 1.165) is 0 Å². The van der Waals surface area contributed by atoms with Gasteiger partial charge in [0, 0.05) is 24.7 Å². The number of rotatable bonds is 4. The average Bonchev–Trinajstić information content (AvgIpc) is 1.79. The maximum Gasteiger partial charge on any atom is 0.302 e. The summed E-state index contributed by atoms with van der Waals surface area (Å²) >= 11 is -2.27. The number of carbonyl (C=O) groups excluding carboxylic acids is 1. The van der Waals surface area contributed by atoms with Crippen molar-refractivity contribution in [1.29, 1.82) is 0 Å². The molecule has 1 N–H and O–H groups in total. The lowest BCUT2D eigenvalue weighted by Gasteiger charge is -2.05. The van der Waals surface area contributed by atoms with E-state index in [2.05, 4.69) is 4.74 Å². The van der Waals surface area contributed by atoms with Crippen molar-refractivity contribution in [2.75, 3.05) is 13.2 Å². The third kappa shape index (κ3) is 7.54. The van der Waals surface area contributed by atoms with Gasteiger partial charge in [-0.15, -0.1) is 0 Å². The Hall–Kier alpha value is -0.460. The van der Waals surface area contributed by atoms with Crippen LogP contribution in [0.4, 0.5) is 0 Å². The molecule has 1 unspecified atom stereocenters. The normalized spacial score (nSPS) is 12.6. The lowest BCUT2D eigenvalue weighted by Crippen LogP contribution is -2.22. The van der Waals surface area contributed by atoms with Crippen LogP contribution in [0.3, 0.4) is 0 Å². The number of hydrogen-bond acceptors (Lipinski definition) is 4. The summed E-state index contributed by atoms with van der Waals surface area (Å²) in [6.07, 6.45) is 0. The first kappa shape index (κ1) is 9.54. The van der Waals surface area contributed by atoms with Crippen molar-refractivity contribution in [2.45, 2.75) is 6.92 Å². The first-order valence-corrected chi connectivity index (χ1v) is 3.66. The molecule has 0 radical (unpaired) electrons. The predicted molar refractivity (Wildman–Crippen MR) is 33.6 cm³/mol. The summed E-state index contributed by atoms with van der Waals surface area (Å²) in [5, 5.41) is 0. The highest BCUT2D eigenvalue weighted by molar-refractivity contribution is 7.77. The van der Waals surface area contributed by atoms with Gasteiger partial charge in [-0.25, -0.2) is 4.72 Å². The molecular formula is C4H8NO4S-. The fourth-order valence-corrected chi connectivity index (χ4v) is 0.570. The van der Waals surface area contributed by atoms with Gasteiger partial charge in [0.15, 0.2) is 0 Å². The molecule has 0 aliphatic carbocycles. The minimum Gasteiger partial charge on any atom is -0.760 e. The number of esters is 1. The highest BCUT2D eigenvalue weighted by Crippen LogP contribution is 1.73. The average molecular weight is 166 g/mol. The summed E-state index contributed by atoms with van der Waals surface area (Å²) in [5.41, 5.74) is 0. The van der Waals surface area contributed by atoms with Gasteiger partial charge in [-0.1, -0.05) is 0 Å². The van der Waals surface area contributed by atoms with Gasteiger partial charge < -0.3 is 9.29 Å². The number of nitrogens with one attached hydrogen (secondary N) is 1. The Balaban J connectivity index is 3.06. The Morgan fingerprint density at radius 3 is 2.80 bits per heavy atom. The van der Waals surface area contributed by atoms with Crippen LogP contribution in [0.25, 0.3) is 0 Å². The second-order valence-electron chi connectivity index (χ2n) is 1.47. The summed E-state index contributed by atoms with van der Waals surface area (Å²) in [6.45, 7) is 1.45. The van der Waals surface area contributed by atoms with Crippen LogP contribution in [0.5, 0.6) is 0 Å².